The first-order valence-electron chi connectivity index (χ1n) is 7.17. The lowest BCUT2D eigenvalue weighted by atomic mass is 9.86. The number of benzene rings is 2. The van der Waals surface area contributed by atoms with E-state index >= 15 is 0 Å². The van der Waals surface area contributed by atoms with E-state index < -0.39 is 0 Å². The molecule has 0 saturated carbocycles. The number of likely N-dealkylation sites (N-methyl/N-ethyl adjacent to an activating group) is 1. The third kappa shape index (κ3) is 2.74. The van der Waals surface area contributed by atoms with Gasteiger partial charge in [-0.15, -0.1) is 0 Å². The molecular weight excluding hydrogens is 266 g/mol. The molecule has 1 unspecified atom stereocenters. The molecule has 0 bridgehead atoms. The second kappa shape index (κ2) is 5.59. The molecule has 3 rings (SSSR count). The molecule has 1 nitrogen and oxygen atoms in total. The van der Waals surface area contributed by atoms with Gasteiger partial charge >= 0.3 is 0 Å². The Morgan fingerprint density at radius 3 is 2.55 bits per heavy atom. The molecule has 0 N–H and O–H groups in total. The molecule has 0 amide bonds. The van der Waals surface area contributed by atoms with Gasteiger partial charge in [0.05, 0.1) is 0 Å². The second-order valence-electron chi connectivity index (χ2n) is 5.85. The number of hydrogen-bond donors (Lipinski definition) is 0. The van der Waals surface area contributed by atoms with Gasteiger partial charge in [-0.3, -0.25) is 0 Å². The van der Waals surface area contributed by atoms with Crippen LogP contribution in [0.15, 0.2) is 42.5 Å². The Kier molecular flexibility index (Phi) is 3.82. The lowest BCUT2D eigenvalue weighted by Crippen LogP contribution is -2.33. The van der Waals surface area contributed by atoms with Crippen LogP contribution in [-0.2, 0) is 12.8 Å². The topological polar surface area (TPSA) is 3.24 Å². The van der Waals surface area contributed by atoms with Crippen molar-refractivity contribution < 1.29 is 0 Å². The molecule has 1 aliphatic rings. The van der Waals surface area contributed by atoms with Gasteiger partial charge in [-0.2, -0.15) is 0 Å². The van der Waals surface area contributed by atoms with Gasteiger partial charge in [0.1, 0.15) is 0 Å². The molecule has 0 fully saturated rings. The Morgan fingerprint density at radius 1 is 1.00 bits per heavy atom. The van der Waals surface area contributed by atoms with Crippen LogP contribution in [0.2, 0.25) is 5.02 Å². The predicted molar refractivity (Wildman–Crippen MR) is 86.4 cm³/mol. The fourth-order valence-corrected chi connectivity index (χ4v) is 3.21. The van der Waals surface area contributed by atoms with E-state index in [0.717, 1.165) is 11.4 Å². The Bertz CT molecular complexity index is 619. The summed E-state index contributed by atoms with van der Waals surface area (Å²) in [6.45, 7) is 0. The summed E-state index contributed by atoms with van der Waals surface area (Å²) in [5.41, 5.74) is 5.48. The number of aryl methyl sites for hydroxylation is 1. The van der Waals surface area contributed by atoms with Crippen LogP contribution in [-0.4, -0.2) is 25.0 Å². The standard InChI is InChI=1S/C18H20ClN/c1-20(2)18-9-8-15-10-14(6-7-16(15)12-18)13-4-3-5-17(19)11-13/h3-7,10-11,18H,8-9,12H2,1-2H3. The largest absolute Gasteiger partial charge is 0.306 e. The van der Waals surface area contributed by atoms with Crippen molar-refractivity contribution in [2.75, 3.05) is 14.1 Å². The molecule has 2 aromatic carbocycles. The number of fused-ring (bicyclic) bond motifs is 1. The Labute approximate surface area is 126 Å². The second-order valence-corrected chi connectivity index (χ2v) is 6.29. The van der Waals surface area contributed by atoms with Crippen molar-refractivity contribution in [2.45, 2.75) is 25.3 Å². The van der Waals surface area contributed by atoms with E-state index in [0.29, 0.717) is 6.04 Å². The van der Waals surface area contributed by atoms with Crippen LogP contribution in [0.1, 0.15) is 17.5 Å². The maximum absolute atomic E-state index is 6.09. The van der Waals surface area contributed by atoms with Crippen LogP contribution in [0.4, 0.5) is 0 Å². The highest BCUT2D eigenvalue weighted by Gasteiger charge is 2.20. The molecule has 1 atom stereocenters. The minimum atomic E-state index is 0.680. The number of hydrogen-bond acceptors (Lipinski definition) is 1. The molecule has 1 aliphatic carbocycles. The molecule has 20 heavy (non-hydrogen) atoms. The minimum Gasteiger partial charge on any atom is -0.306 e. The monoisotopic (exact) mass is 285 g/mol. The summed E-state index contributed by atoms with van der Waals surface area (Å²) in [5.74, 6) is 0. The van der Waals surface area contributed by atoms with Crippen molar-refractivity contribution >= 4 is 11.6 Å². The highest BCUT2D eigenvalue weighted by Crippen LogP contribution is 2.29. The summed E-state index contributed by atoms with van der Waals surface area (Å²) in [4.78, 5) is 2.34. The number of rotatable bonds is 2. The molecule has 104 valence electrons. The molecular formula is C18H20ClN. The van der Waals surface area contributed by atoms with Gasteiger partial charge in [0.2, 0.25) is 0 Å². The third-order valence-electron chi connectivity index (χ3n) is 4.30. The smallest absolute Gasteiger partial charge is 0.0412 e. The summed E-state index contributed by atoms with van der Waals surface area (Å²) >= 11 is 6.09. The predicted octanol–water partition coefficient (Wildman–Crippen LogP) is 4.43. The first-order valence-corrected chi connectivity index (χ1v) is 7.55. The quantitative estimate of drug-likeness (QED) is 0.789. The van der Waals surface area contributed by atoms with Crippen LogP contribution in [0.25, 0.3) is 11.1 Å². The Morgan fingerprint density at radius 2 is 1.80 bits per heavy atom. The molecule has 0 heterocycles. The SMILES string of the molecule is CN(C)C1CCc2cc(-c3cccc(Cl)c3)ccc2C1. The maximum Gasteiger partial charge on any atom is 0.0412 e. The Hall–Kier alpha value is -1.31. The van der Waals surface area contributed by atoms with E-state index in [-0.39, 0.29) is 0 Å². The van der Waals surface area contributed by atoms with E-state index in [1.807, 2.05) is 18.2 Å². The molecule has 0 radical (unpaired) electrons. The molecule has 0 spiro atoms. The first kappa shape index (κ1) is 13.7. The van der Waals surface area contributed by atoms with Gasteiger partial charge in [0.15, 0.2) is 0 Å². The summed E-state index contributed by atoms with van der Waals surface area (Å²) in [6, 6.07) is 15.6. The van der Waals surface area contributed by atoms with Crippen LogP contribution < -0.4 is 0 Å². The number of halogens is 1. The van der Waals surface area contributed by atoms with Gasteiger partial charge in [-0.25, -0.2) is 0 Å². The van der Waals surface area contributed by atoms with Gasteiger partial charge < -0.3 is 4.90 Å². The average molecular weight is 286 g/mol. The minimum absolute atomic E-state index is 0.680. The Balaban J connectivity index is 1.91. The molecule has 0 aromatic heterocycles. The van der Waals surface area contributed by atoms with Crippen molar-refractivity contribution in [3.63, 3.8) is 0 Å². The fourth-order valence-electron chi connectivity index (χ4n) is 3.02. The van der Waals surface area contributed by atoms with Gasteiger partial charge in [-0.1, -0.05) is 41.9 Å². The van der Waals surface area contributed by atoms with E-state index in [4.69, 9.17) is 11.6 Å². The van der Waals surface area contributed by atoms with Crippen molar-refractivity contribution in [1.29, 1.82) is 0 Å². The lowest BCUT2D eigenvalue weighted by Gasteiger charge is -2.30. The van der Waals surface area contributed by atoms with Crippen LogP contribution >= 0.6 is 11.6 Å². The van der Waals surface area contributed by atoms with Crippen molar-refractivity contribution in [3.05, 3.63) is 58.6 Å². The average Bonchev–Trinajstić information content (AvgIpc) is 2.46. The van der Waals surface area contributed by atoms with Crippen LogP contribution in [0.3, 0.4) is 0 Å². The van der Waals surface area contributed by atoms with E-state index in [1.165, 1.54) is 35.1 Å². The summed E-state index contributed by atoms with van der Waals surface area (Å²) in [7, 11) is 4.35. The van der Waals surface area contributed by atoms with Crippen molar-refractivity contribution in [3.8, 4) is 11.1 Å². The molecule has 2 aromatic rings. The van der Waals surface area contributed by atoms with Crippen LogP contribution in [0.5, 0.6) is 0 Å². The van der Waals surface area contributed by atoms with Crippen LogP contribution in [0, 0.1) is 0 Å². The van der Waals surface area contributed by atoms with E-state index in [2.05, 4.69) is 43.3 Å². The van der Waals surface area contributed by atoms with Gasteiger partial charge in [0.25, 0.3) is 0 Å². The van der Waals surface area contributed by atoms with Gasteiger partial charge in [-0.05, 0) is 67.7 Å². The van der Waals surface area contributed by atoms with E-state index in [1.54, 1.807) is 0 Å². The molecule has 0 aliphatic heterocycles. The molecule has 0 saturated heterocycles. The lowest BCUT2D eigenvalue weighted by molar-refractivity contribution is 0.268. The summed E-state index contributed by atoms with van der Waals surface area (Å²) < 4.78 is 0. The zero-order chi connectivity index (χ0) is 14.1. The molecule has 2 heteroatoms. The fraction of sp³-hybridized carbons (Fsp3) is 0.333. The third-order valence-corrected chi connectivity index (χ3v) is 4.53. The zero-order valence-corrected chi connectivity index (χ0v) is 12.8. The van der Waals surface area contributed by atoms with Crippen molar-refractivity contribution in [1.82, 2.24) is 4.90 Å². The van der Waals surface area contributed by atoms with E-state index in [9.17, 15) is 0 Å². The highest BCUT2D eigenvalue weighted by molar-refractivity contribution is 6.30. The maximum atomic E-state index is 6.09. The highest BCUT2D eigenvalue weighted by atomic mass is 35.5. The summed E-state index contributed by atoms with van der Waals surface area (Å²) in [6.07, 6.45) is 3.59. The normalized spacial score (nSPS) is 18.1. The first-order chi connectivity index (χ1) is 9.63. The van der Waals surface area contributed by atoms with Gasteiger partial charge in [0, 0.05) is 11.1 Å². The summed E-state index contributed by atoms with van der Waals surface area (Å²) in [5, 5.41) is 0.799. The number of nitrogens with zero attached hydrogens (tertiary/aromatic N) is 1. The zero-order valence-electron chi connectivity index (χ0n) is 12.1. The van der Waals surface area contributed by atoms with Crippen molar-refractivity contribution in [2.24, 2.45) is 0 Å².